The maximum atomic E-state index is 10.0. The highest BCUT2D eigenvalue weighted by molar-refractivity contribution is 9.10. The standard InChI is InChI=1S/C12H15BrO2/c1-7(2)12-6-10(14)9-5-8(13)3-4-11(9)15-12/h3-5,7,10,12,14H,6H2,1-2H3/t10-,12?/m0/s1. The molecule has 0 saturated carbocycles. The van der Waals surface area contributed by atoms with E-state index in [0.29, 0.717) is 12.3 Å². The first-order valence-electron chi connectivity index (χ1n) is 5.22. The molecular formula is C12H15BrO2. The van der Waals surface area contributed by atoms with Crippen molar-refractivity contribution >= 4 is 15.9 Å². The van der Waals surface area contributed by atoms with Crippen LogP contribution >= 0.6 is 15.9 Å². The minimum atomic E-state index is -0.404. The monoisotopic (exact) mass is 270 g/mol. The second-order valence-corrected chi connectivity index (χ2v) is 5.25. The average Bonchev–Trinajstić information content (AvgIpc) is 2.18. The van der Waals surface area contributed by atoms with Crippen LogP contribution in [0.15, 0.2) is 22.7 Å². The molecule has 0 radical (unpaired) electrons. The second-order valence-electron chi connectivity index (χ2n) is 4.33. The number of hydrogen-bond donors (Lipinski definition) is 1. The normalized spacial score (nSPS) is 24.9. The van der Waals surface area contributed by atoms with E-state index in [1.54, 1.807) is 0 Å². The number of rotatable bonds is 1. The lowest BCUT2D eigenvalue weighted by Gasteiger charge is -2.32. The van der Waals surface area contributed by atoms with Gasteiger partial charge in [-0.15, -0.1) is 0 Å². The van der Waals surface area contributed by atoms with Gasteiger partial charge in [-0.05, 0) is 24.1 Å². The van der Waals surface area contributed by atoms with E-state index >= 15 is 0 Å². The molecule has 0 amide bonds. The zero-order valence-corrected chi connectivity index (χ0v) is 10.5. The zero-order chi connectivity index (χ0) is 11.0. The Kier molecular flexibility index (Phi) is 3.03. The molecule has 0 bridgehead atoms. The van der Waals surface area contributed by atoms with Crippen molar-refractivity contribution in [1.82, 2.24) is 0 Å². The van der Waals surface area contributed by atoms with Gasteiger partial charge >= 0.3 is 0 Å². The molecule has 0 aliphatic carbocycles. The number of hydrogen-bond acceptors (Lipinski definition) is 2. The summed E-state index contributed by atoms with van der Waals surface area (Å²) < 4.78 is 6.82. The molecule has 0 spiro atoms. The van der Waals surface area contributed by atoms with E-state index < -0.39 is 6.10 Å². The van der Waals surface area contributed by atoms with Crippen LogP contribution in [0.4, 0.5) is 0 Å². The summed E-state index contributed by atoms with van der Waals surface area (Å²) in [4.78, 5) is 0. The lowest BCUT2D eigenvalue weighted by Crippen LogP contribution is -2.30. The van der Waals surface area contributed by atoms with Crippen LogP contribution in [0.3, 0.4) is 0 Å². The van der Waals surface area contributed by atoms with Crippen molar-refractivity contribution in [3.05, 3.63) is 28.2 Å². The molecule has 1 aliphatic rings. The Morgan fingerprint density at radius 1 is 1.47 bits per heavy atom. The summed E-state index contributed by atoms with van der Waals surface area (Å²) in [7, 11) is 0. The maximum absolute atomic E-state index is 10.0. The molecule has 2 atom stereocenters. The van der Waals surface area contributed by atoms with Gasteiger partial charge in [0.15, 0.2) is 0 Å². The molecule has 15 heavy (non-hydrogen) atoms. The summed E-state index contributed by atoms with van der Waals surface area (Å²) in [5, 5.41) is 10.0. The van der Waals surface area contributed by atoms with Gasteiger partial charge in [-0.1, -0.05) is 29.8 Å². The van der Waals surface area contributed by atoms with Crippen LogP contribution in [0, 0.1) is 5.92 Å². The van der Waals surface area contributed by atoms with Crippen LogP contribution in [0.2, 0.25) is 0 Å². The fraction of sp³-hybridized carbons (Fsp3) is 0.500. The fourth-order valence-corrected chi connectivity index (χ4v) is 2.23. The first kappa shape index (κ1) is 11.0. The first-order valence-corrected chi connectivity index (χ1v) is 6.01. The van der Waals surface area contributed by atoms with Crippen molar-refractivity contribution in [2.24, 2.45) is 5.92 Å². The maximum Gasteiger partial charge on any atom is 0.125 e. The predicted molar refractivity (Wildman–Crippen MR) is 63.0 cm³/mol. The van der Waals surface area contributed by atoms with Gasteiger partial charge in [0, 0.05) is 16.5 Å². The van der Waals surface area contributed by atoms with E-state index in [2.05, 4.69) is 29.8 Å². The largest absolute Gasteiger partial charge is 0.490 e. The molecule has 1 aromatic carbocycles. The molecular weight excluding hydrogens is 256 g/mol. The Balaban J connectivity index is 2.32. The molecule has 3 heteroatoms. The quantitative estimate of drug-likeness (QED) is 0.849. The van der Waals surface area contributed by atoms with Crippen LogP contribution in [-0.4, -0.2) is 11.2 Å². The van der Waals surface area contributed by atoms with Crippen molar-refractivity contribution in [2.45, 2.75) is 32.5 Å². The van der Waals surface area contributed by atoms with Crippen LogP contribution in [0.25, 0.3) is 0 Å². The molecule has 2 nitrogen and oxygen atoms in total. The van der Waals surface area contributed by atoms with Gasteiger partial charge in [0.2, 0.25) is 0 Å². The Morgan fingerprint density at radius 3 is 2.87 bits per heavy atom. The Morgan fingerprint density at radius 2 is 2.20 bits per heavy atom. The Bertz CT molecular complexity index is 363. The smallest absolute Gasteiger partial charge is 0.125 e. The average molecular weight is 271 g/mol. The van der Waals surface area contributed by atoms with Crippen LogP contribution in [0.1, 0.15) is 31.9 Å². The summed E-state index contributed by atoms with van der Waals surface area (Å²) in [5.41, 5.74) is 0.890. The number of benzene rings is 1. The molecule has 1 aromatic rings. The molecule has 2 rings (SSSR count). The SMILES string of the molecule is CC(C)C1C[C@H](O)c2cc(Br)ccc2O1. The topological polar surface area (TPSA) is 29.5 Å². The lowest BCUT2D eigenvalue weighted by atomic mass is 9.93. The number of fused-ring (bicyclic) bond motifs is 1. The highest BCUT2D eigenvalue weighted by Gasteiger charge is 2.28. The fourth-order valence-electron chi connectivity index (χ4n) is 1.85. The van der Waals surface area contributed by atoms with E-state index in [4.69, 9.17) is 4.74 Å². The van der Waals surface area contributed by atoms with E-state index in [0.717, 1.165) is 15.8 Å². The summed E-state index contributed by atoms with van der Waals surface area (Å²) in [6, 6.07) is 5.78. The Labute approximate surface area is 98.4 Å². The minimum Gasteiger partial charge on any atom is -0.490 e. The summed E-state index contributed by atoms with van der Waals surface area (Å²) in [6.07, 6.45) is 0.397. The molecule has 82 valence electrons. The highest BCUT2D eigenvalue weighted by atomic mass is 79.9. The molecule has 0 fully saturated rings. The third kappa shape index (κ3) is 2.18. The number of ether oxygens (including phenoxy) is 1. The minimum absolute atomic E-state index is 0.119. The second kappa shape index (κ2) is 4.14. The van der Waals surface area contributed by atoms with Gasteiger partial charge in [-0.25, -0.2) is 0 Å². The molecule has 1 unspecified atom stereocenters. The van der Waals surface area contributed by atoms with Crippen molar-refractivity contribution in [3.8, 4) is 5.75 Å². The van der Waals surface area contributed by atoms with Crippen molar-refractivity contribution in [2.75, 3.05) is 0 Å². The van der Waals surface area contributed by atoms with E-state index in [1.165, 1.54) is 0 Å². The summed E-state index contributed by atoms with van der Waals surface area (Å²) >= 11 is 3.40. The number of halogens is 1. The molecule has 1 heterocycles. The molecule has 1 aliphatic heterocycles. The summed E-state index contributed by atoms with van der Waals surface area (Å²) in [6.45, 7) is 4.22. The van der Waals surface area contributed by atoms with Crippen LogP contribution in [-0.2, 0) is 0 Å². The number of aliphatic hydroxyl groups excluding tert-OH is 1. The van der Waals surface area contributed by atoms with Gasteiger partial charge in [0.1, 0.15) is 11.9 Å². The van der Waals surface area contributed by atoms with Gasteiger partial charge in [-0.3, -0.25) is 0 Å². The zero-order valence-electron chi connectivity index (χ0n) is 8.90. The van der Waals surface area contributed by atoms with Gasteiger partial charge < -0.3 is 9.84 Å². The van der Waals surface area contributed by atoms with Gasteiger partial charge in [0.05, 0.1) is 6.10 Å². The summed E-state index contributed by atoms with van der Waals surface area (Å²) in [5.74, 6) is 1.24. The third-order valence-corrected chi connectivity index (χ3v) is 3.30. The van der Waals surface area contributed by atoms with Crippen molar-refractivity contribution in [1.29, 1.82) is 0 Å². The first-order chi connectivity index (χ1) is 7.08. The highest BCUT2D eigenvalue weighted by Crippen LogP contribution is 2.38. The van der Waals surface area contributed by atoms with E-state index in [9.17, 15) is 5.11 Å². The molecule has 1 N–H and O–H groups in total. The van der Waals surface area contributed by atoms with Crippen LogP contribution in [0.5, 0.6) is 5.75 Å². The molecule has 0 aromatic heterocycles. The Hall–Kier alpha value is -0.540. The van der Waals surface area contributed by atoms with Gasteiger partial charge in [0.25, 0.3) is 0 Å². The van der Waals surface area contributed by atoms with E-state index in [-0.39, 0.29) is 6.10 Å². The van der Waals surface area contributed by atoms with Crippen molar-refractivity contribution < 1.29 is 9.84 Å². The predicted octanol–water partition coefficient (Wildman–Crippen LogP) is 3.29. The lowest BCUT2D eigenvalue weighted by molar-refractivity contribution is 0.0426. The van der Waals surface area contributed by atoms with E-state index in [1.807, 2.05) is 18.2 Å². The van der Waals surface area contributed by atoms with Gasteiger partial charge in [-0.2, -0.15) is 0 Å². The molecule has 0 saturated heterocycles. The third-order valence-electron chi connectivity index (χ3n) is 2.81. The van der Waals surface area contributed by atoms with Crippen LogP contribution < -0.4 is 4.74 Å². The number of aliphatic hydroxyl groups is 1. The van der Waals surface area contributed by atoms with Crippen molar-refractivity contribution in [3.63, 3.8) is 0 Å².